The minimum absolute atomic E-state index is 0.00349. The normalized spacial score (nSPS) is 12.0. The van der Waals surface area contributed by atoms with E-state index in [1.807, 2.05) is 48.5 Å². The minimum atomic E-state index is -0.498. The first-order chi connectivity index (χ1) is 17.1. The third-order valence-electron chi connectivity index (χ3n) is 6.06. The largest absolute Gasteiger partial charge is 0.449 e. The SMILES string of the molecule is O=Cc1cc(F)ccc1Sc1ccccc1CNC(=O)OCC1c2ccccc2-c2ccccc21. The molecule has 0 bridgehead atoms. The van der Waals surface area contributed by atoms with Crippen LogP contribution in [0.25, 0.3) is 11.1 Å². The van der Waals surface area contributed by atoms with Crippen molar-refractivity contribution in [1.29, 1.82) is 0 Å². The molecule has 0 aliphatic heterocycles. The Balaban J connectivity index is 1.24. The molecule has 1 aliphatic rings. The summed E-state index contributed by atoms with van der Waals surface area (Å²) in [7, 11) is 0. The van der Waals surface area contributed by atoms with Crippen LogP contribution in [0.3, 0.4) is 0 Å². The van der Waals surface area contributed by atoms with Crippen LogP contribution in [0.5, 0.6) is 0 Å². The number of rotatable bonds is 7. The number of fused-ring (bicyclic) bond motifs is 3. The maximum Gasteiger partial charge on any atom is 0.407 e. The quantitative estimate of drug-likeness (QED) is 0.293. The molecule has 6 heteroatoms. The number of ether oxygens (including phenoxy) is 1. The highest BCUT2D eigenvalue weighted by atomic mass is 32.2. The zero-order valence-electron chi connectivity index (χ0n) is 18.7. The summed E-state index contributed by atoms with van der Waals surface area (Å²) in [4.78, 5) is 25.4. The summed E-state index contributed by atoms with van der Waals surface area (Å²) in [6.07, 6.45) is 0.144. The van der Waals surface area contributed by atoms with E-state index in [0.29, 0.717) is 11.2 Å². The van der Waals surface area contributed by atoms with Crippen molar-refractivity contribution in [2.45, 2.75) is 22.3 Å². The molecule has 174 valence electrons. The Hall–Kier alpha value is -3.90. The van der Waals surface area contributed by atoms with Crippen molar-refractivity contribution >= 4 is 24.1 Å². The van der Waals surface area contributed by atoms with Crippen molar-refractivity contribution in [3.63, 3.8) is 0 Å². The van der Waals surface area contributed by atoms with Crippen molar-refractivity contribution in [2.24, 2.45) is 0 Å². The number of alkyl carbamates (subject to hydrolysis) is 1. The van der Waals surface area contributed by atoms with Gasteiger partial charge in [-0.2, -0.15) is 0 Å². The van der Waals surface area contributed by atoms with E-state index in [1.165, 1.54) is 35.0 Å². The standard InChI is InChI=1S/C29H22FNO3S/c30-21-13-14-28(20(15-21)17-32)35-27-12-6-1-7-19(27)16-31-29(33)34-18-26-24-10-4-2-8-22(24)23-9-3-5-11-25(23)26/h1-15,17,26H,16,18H2,(H,31,33). The number of aldehydes is 1. The van der Waals surface area contributed by atoms with E-state index < -0.39 is 11.9 Å². The highest BCUT2D eigenvalue weighted by Gasteiger charge is 2.29. The molecular formula is C29H22FNO3S. The van der Waals surface area contributed by atoms with Crippen LogP contribution in [0.2, 0.25) is 0 Å². The first kappa shape index (κ1) is 22.9. The van der Waals surface area contributed by atoms with E-state index in [9.17, 15) is 14.0 Å². The molecule has 0 spiro atoms. The van der Waals surface area contributed by atoms with Gasteiger partial charge in [0.2, 0.25) is 0 Å². The molecule has 5 rings (SSSR count). The summed E-state index contributed by atoms with van der Waals surface area (Å²) in [5.41, 5.74) is 5.83. The van der Waals surface area contributed by atoms with Gasteiger partial charge in [0.15, 0.2) is 6.29 Å². The number of carbonyl (C=O) groups is 2. The van der Waals surface area contributed by atoms with Gasteiger partial charge in [-0.05, 0) is 52.1 Å². The topological polar surface area (TPSA) is 55.4 Å². The van der Waals surface area contributed by atoms with Crippen LogP contribution in [-0.2, 0) is 11.3 Å². The summed E-state index contributed by atoms with van der Waals surface area (Å²) in [5, 5.41) is 2.83. The highest BCUT2D eigenvalue weighted by Crippen LogP contribution is 2.44. The third-order valence-corrected chi connectivity index (χ3v) is 7.27. The fourth-order valence-corrected chi connectivity index (χ4v) is 5.40. The Morgan fingerprint density at radius 2 is 1.54 bits per heavy atom. The van der Waals surface area contributed by atoms with Crippen molar-refractivity contribution < 1.29 is 18.7 Å². The first-order valence-electron chi connectivity index (χ1n) is 11.2. The Kier molecular flexibility index (Phi) is 6.64. The molecule has 0 saturated heterocycles. The van der Waals surface area contributed by atoms with E-state index in [0.717, 1.165) is 21.6 Å². The van der Waals surface area contributed by atoms with Crippen LogP contribution in [0.4, 0.5) is 9.18 Å². The summed E-state index contributed by atoms with van der Waals surface area (Å²) in [6.45, 7) is 0.506. The van der Waals surface area contributed by atoms with Gasteiger partial charge in [-0.3, -0.25) is 4.79 Å². The first-order valence-corrected chi connectivity index (χ1v) is 12.0. The molecule has 0 radical (unpaired) electrons. The van der Waals surface area contributed by atoms with Gasteiger partial charge in [0.1, 0.15) is 12.4 Å². The molecule has 1 aliphatic carbocycles. The van der Waals surface area contributed by atoms with E-state index in [1.54, 1.807) is 6.07 Å². The number of nitrogens with one attached hydrogen (secondary N) is 1. The molecule has 0 heterocycles. The van der Waals surface area contributed by atoms with Gasteiger partial charge in [0, 0.05) is 27.8 Å². The van der Waals surface area contributed by atoms with Gasteiger partial charge in [-0.15, -0.1) is 0 Å². The zero-order valence-corrected chi connectivity index (χ0v) is 19.6. The van der Waals surface area contributed by atoms with E-state index in [2.05, 4.69) is 29.6 Å². The van der Waals surface area contributed by atoms with Crippen LogP contribution in [-0.4, -0.2) is 19.0 Å². The molecule has 0 saturated carbocycles. The molecule has 0 unspecified atom stereocenters. The number of carbonyl (C=O) groups excluding carboxylic acids is 2. The van der Waals surface area contributed by atoms with Gasteiger partial charge in [0.25, 0.3) is 0 Å². The second kappa shape index (κ2) is 10.2. The van der Waals surface area contributed by atoms with E-state index in [-0.39, 0.29) is 24.6 Å². The molecule has 35 heavy (non-hydrogen) atoms. The summed E-state index contributed by atoms with van der Waals surface area (Å²) < 4.78 is 19.1. The van der Waals surface area contributed by atoms with Crippen molar-refractivity contribution in [3.8, 4) is 11.1 Å². The lowest BCUT2D eigenvalue weighted by molar-refractivity contribution is 0.112. The van der Waals surface area contributed by atoms with Crippen LogP contribution >= 0.6 is 11.8 Å². The molecule has 4 aromatic carbocycles. The van der Waals surface area contributed by atoms with Gasteiger partial charge in [-0.25, -0.2) is 9.18 Å². The Morgan fingerprint density at radius 1 is 0.886 bits per heavy atom. The second-order valence-corrected chi connectivity index (χ2v) is 9.27. The van der Waals surface area contributed by atoms with Gasteiger partial charge < -0.3 is 10.1 Å². The number of hydrogen-bond acceptors (Lipinski definition) is 4. The smallest absolute Gasteiger partial charge is 0.407 e. The Labute approximate surface area is 207 Å². The zero-order chi connectivity index (χ0) is 24.2. The third kappa shape index (κ3) is 4.84. The molecule has 0 aromatic heterocycles. The number of halogens is 1. The second-order valence-electron chi connectivity index (χ2n) is 8.19. The van der Waals surface area contributed by atoms with Crippen LogP contribution in [0.1, 0.15) is 33.0 Å². The van der Waals surface area contributed by atoms with Crippen molar-refractivity contribution in [2.75, 3.05) is 6.61 Å². The fourth-order valence-electron chi connectivity index (χ4n) is 4.39. The minimum Gasteiger partial charge on any atom is -0.449 e. The molecule has 4 aromatic rings. The molecular weight excluding hydrogens is 461 g/mol. The maximum atomic E-state index is 13.5. The average Bonchev–Trinajstić information content (AvgIpc) is 3.21. The Morgan fingerprint density at radius 3 is 2.26 bits per heavy atom. The molecule has 0 atom stereocenters. The van der Waals surface area contributed by atoms with Crippen LogP contribution < -0.4 is 5.32 Å². The summed E-state index contributed by atoms with van der Waals surface area (Å²) in [6, 6.07) is 28.1. The molecule has 1 amide bonds. The van der Waals surface area contributed by atoms with E-state index >= 15 is 0 Å². The van der Waals surface area contributed by atoms with Gasteiger partial charge in [-0.1, -0.05) is 78.5 Å². The lowest BCUT2D eigenvalue weighted by Crippen LogP contribution is -2.25. The molecule has 1 N–H and O–H groups in total. The lowest BCUT2D eigenvalue weighted by atomic mass is 9.98. The maximum absolute atomic E-state index is 13.5. The fraction of sp³-hybridized carbons (Fsp3) is 0.103. The average molecular weight is 484 g/mol. The lowest BCUT2D eigenvalue weighted by Gasteiger charge is -2.15. The number of benzene rings is 4. The Bertz CT molecular complexity index is 1360. The van der Waals surface area contributed by atoms with Gasteiger partial charge >= 0.3 is 6.09 Å². The monoisotopic (exact) mass is 483 g/mol. The highest BCUT2D eigenvalue weighted by molar-refractivity contribution is 7.99. The number of amides is 1. The predicted molar refractivity (Wildman–Crippen MR) is 134 cm³/mol. The molecule has 0 fully saturated rings. The summed E-state index contributed by atoms with van der Waals surface area (Å²) in [5.74, 6) is -0.460. The van der Waals surface area contributed by atoms with Gasteiger partial charge in [0.05, 0.1) is 0 Å². The van der Waals surface area contributed by atoms with Crippen LogP contribution in [0.15, 0.2) is 101 Å². The predicted octanol–water partition coefficient (Wildman–Crippen LogP) is 6.83. The number of hydrogen-bond donors (Lipinski definition) is 1. The van der Waals surface area contributed by atoms with Crippen molar-refractivity contribution in [1.82, 2.24) is 5.32 Å². The summed E-state index contributed by atoms with van der Waals surface area (Å²) >= 11 is 1.35. The van der Waals surface area contributed by atoms with Crippen molar-refractivity contribution in [3.05, 3.63) is 119 Å². The van der Waals surface area contributed by atoms with Crippen LogP contribution in [0, 0.1) is 5.82 Å². The molecule has 4 nitrogen and oxygen atoms in total. The van der Waals surface area contributed by atoms with E-state index in [4.69, 9.17) is 4.74 Å².